The molecule has 0 spiro atoms. The number of fused-ring (bicyclic) bond motifs is 1. The van der Waals surface area contributed by atoms with E-state index in [1.54, 1.807) is 0 Å². The van der Waals surface area contributed by atoms with Crippen LogP contribution in [0.25, 0.3) is 0 Å². The monoisotopic (exact) mass is 251 g/mol. The van der Waals surface area contributed by atoms with Crippen LogP contribution in [0.4, 0.5) is 10.3 Å². The van der Waals surface area contributed by atoms with Gasteiger partial charge < -0.3 is 9.64 Å². The molecule has 2 aliphatic rings. The van der Waals surface area contributed by atoms with E-state index < -0.39 is 5.82 Å². The normalized spacial score (nSPS) is 29.7. The predicted molar refractivity (Wildman–Crippen MR) is 61.4 cm³/mol. The van der Waals surface area contributed by atoms with Gasteiger partial charge in [-0.15, -0.1) is 0 Å². The third-order valence-electron chi connectivity index (χ3n) is 3.98. The third-order valence-corrected chi connectivity index (χ3v) is 3.98. The second kappa shape index (κ2) is 3.90. The molecule has 2 atom stereocenters. The number of aromatic nitrogens is 2. The maximum Gasteiger partial charge on any atom is 0.312 e. The average Bonchev–Trinajstić information content (AvgIpc) is 3.13. The van der Waals surface area contributed by atoms with E-state index in [4.69, 9.17) is 4.74 Å². The minimum Gasteiger partial charge on any atom is -0.469 e. The fourth-order valence-corrected chi connectivity index (χ4v) is 2.82. The molecule has 0 aromatic carbocycles. The average molecular weight is 251 g/mol. The van der Waals surface area contributed by atoms with E-state index in [2.05, 4.69) is 9.97 Å². The van der Waals surface area contributed by atoms with E-state index in [0.29, 0.717) is 18.4 Å². The molecule has 1 aliphatic heterocycles. The van der Waals surface area contributed by atoms with Crippen molar-refractivity contribution in [2.75, 3.05) is 25.1 Å². The molecule has 1 saturated heterocycles. The summed E-state index contributed by atoms with van der Waals surface area (Å²) < 4.78 is 17.6. The number of hydrogen-bond acceptors (Lipinski definition) is 5. The summed E-state index contributed by atoms with van der Waals surface area (Å²) in [7, 11) is 1.43. The molecule has 96 valence electrons. The topological polar surface area (TPSA) is 55.3 Å². The molecule has 0 amide bonds. The number of methoxy groups -OCH3 is 1. The summed E-state index contributed by atoms with van der Waals surface area (Å²) in [6.07, 6.45) is 3.96. The highest BCUT2D eigenvalue weighted by Crippen LogP contribution is 2.58. The van der Waals surface area contributed by atoms with E-state index in [9.17, 15) is 9.18 Å². The van der Waals surface area contributed by atoms with Crippen molar-refractivity contribution in [3.8, 4) is 0 Å². The van der Waals surface area contributed by atoms with Crippen LogP contribution in [0.1, 0.15) is 12.8 Å². The van der Waals surface area contributed by atoms with E-state index in [1.807, 2.05) is 4.90 Å². The molecule has 1 aliphatic carbocycles. The second-order valence-corrected chi connectivity index (χ2v) is 4.95. The highest BCUT2D eigenvalue weighted by molar-refractivity contribution is 5.81. The zero-order valence-corrected chi connectivity index (χ0v) is 10.1. The molecule has 3 rings (SSSR count). The molecule has 2 heterocycles. The summed E-state index contributed by atoms with van der Waals surface area (Å²) in [5, 5.41) is 0. The van der Waals surface area contributed by atoms with Crippen LogP contribution in [0, 0.1) is 17.2 Å². The lowest BCUT2D eigenvalue weighted by Crippen LogP contribution is -2.39. The van der Waals surface area contributed by atoms with Crippen molar-refractivity contribution < 1.29 is 13.9 Å². The van der Waals surface area contributed by atoms with E-state index in [1.165, 1.54) is 7.11 Å². The molecular formula is C12H14FN3O2. The highest BCUT2D eigenvalue weighted by Gasteiger charge is 2.62. The van der Waals surface area contributed by atoms with Gasteiger partial charge in [-0.25, -0.2) is 14.4 Å². The lowest BCUT2D eigenvalue weighted by molar-refractivity contribution is -0.148. The molecule has 1 aromatic rings. The molecular weight excluding hydrogens is 237 g/mol. The molecule has 5 nitrogen and oxygen atoms in total. The molecule has 0 N–H and O–H groups in total. The smallest absolute Gasteiger partial charge is 0.312 e. The quantitative estimate of drug-likeness (QED) is 0.734. The zero-order valence-electron chi connectivity index (χ0n) is 10.1. The van der Waals surface area contributed by atoms with Crippen LogP contribution in [-0.2, 0) is 9.53 Å². The first-order chi connectivity index (χ1) is 8.65. The summed E-state index contributed by atoms with van der Waals surface area (Å²) in [6, 6.07) is 0. The number of halogens is 1. The number of carbonyl (C=O) groups excluding carboxylic acids is 1. The summed E-state index contributed by atoms with van der Waals surface area (Å²) in [6.45, 7) is 1.44. The SMILES string of the molecule is COC(=O)[C@@]12CCN(c3ncc(F)cn3)C[C@H]1C2. The summed E-state index contributed by atoms with van der Waals surface area (Å²) in [5.41, 5.74) is -0.273. The van der Waals surface area contributed by atoms with E-state index >= 15 is 0 Å². The number of anilines is 1. The van der Waals surface area contributed by atoms with Crippen LogP contribution in [0.3, 0.4) is 0 Å². The Kier molecular flexibility index (Phi) is 2.46. The Morgan fingerprint density at radius 1 is 1.56 bits per heavy atom. The molecule has 1 saturated carbocycles. The Morgan fingerprint density at radius 2 is 2.28 bits per heavy atom. The highest BCUT2D eigenvalue weighted by atomic mass is 19.1. The van der Waals surface area contributed by atoms with Crippen molar-refractivity contribution in [3.05, 3.63) is 18.2 Å². The number of hydrogen-bond donors (Lipinski definition) is 0. The first kappa shape index (κ1) is 11.4. The lowest BCUT2D eigenvalue weighted by atomic mass is 9.95. The Labute approximate surface area is 104 Å². The van der Waals surface area contributed by atoms with Crippen LogP contribution in [0.15, 0.2) is 12.4 Å². The number of carbonyl (C=O) groups is 1. The van der Waals surface area contributed by atoms with Gasteiger partial charge in [-0.3, -0.25) is 4.79 Å². The first-order valence-electron chi connectivity index (χ1n) is 5.96. The van der Waals surface area contributed by atoms with Gasteiger partial charge in [0, 0.05) is 13.1 Å². The van der Waals surface area contributed by atoms with Crippen LogP contribution >= 0.6 is 0 Å². The van der Waals surface area contributed by atoms with Crippen LogP contribution in [0.2, 0.25) is 0 Å². The molecule has 6 heteroatoms. The van der Waals surface area contributed by atoms with Crippen LogP contribution in [-0.4, -0.2) is 36.1 Å². The van der Waals surface area contributed by atoms with Crippen molar-refractivity contribution in [2.45, 2.75) is 12.8 Å². The lowest BCUT2D eigenvalue weighted by Gasteiger charge is -2.30. The fourth-order valence-electron chi connectivity index (χ4n) is 2.82. The van der Waals surface area contributed by atoms with Gasteiger partial charge in [-0.2, -0.15) is 0 Å². The largest absolute Gasteiger partial charge is 0.469 e. The van der Waals surface area contributed by atoms with Gasteiger partial charge in [-0.05, 0) is 18.8 Å². The third kappa shape index (κ3) is 1.63. The molecule has 0 unspecified atom stereocenters. The minimum absolute atomic E-state index is 0.104. The molecule has 1 aromatic heterocycles. The molecule has 2 fully saturated rings. The minimum atomic E-state index is -0.439. The number of piperidine rings is 1. The van der Waals surface area contributed by atoms with Crippen molar-refractivity contribution in [1.29, 1.82) is 0 Å². The summed E-state index contributed by atoms with van der Waals surface area (Å²) >= 11 is 0. The second-order valence-electron chi connectivity index (χ2n) is 4.95. The Hall–Kier alpha value is -1.72. The van der Waals surface area contributed by atoms with Gasteiger partial charge in [0.15, 0.2) is 5.82 Å². The van der Waals surface area contributed by atoms with Gasteiger partial charge in [0.05, 0.1) is 24.9 Å². The summed E-state index contributed by atoms with van der Waals surface area (Å²) in [5.74, 6) is 0.299. The predicted octanol–water partition coefficient (Wildman–Crippen LogP) is 1.01. The van der Waals surface area contributed by atoms with Crippen LogP contribution in [0.5, 0.6) is 0 Å². The standard InChI is InChI=1S/C12H14FN3O2/c1-18-10(17)12-2-3-16(7-8(12)4-12)11-14-5-9(13)6-15-11/h5-6,8H,2-4,7H2,1H3/t8-,12-/m1/s1. The molecule has 0 bridgehead atoms. The Balaban J connectivity index is 1.71. The van der Waals surface area contributed by atoms with Crippen molar-refractivity contribution >= 4 is 11.9 Å². The van der Waals surface area contributed by atoms with Crippen molar-refractivity contribution in [2.24, 2.45) is 11.3 Å². The Morgan fingerprint density at radius 3 is 2.89 bits per heavy atom. The van der Waals surface area contributed by atoms with Gasteiger partial charge in [0.25, 0.3) is 0 Å². The van der Waals surface area contributed by atoms with Gasteiger partial charge in [0.1, 0.15) is 0 Å². The van der Waals surface area contributed by atoms with Crippen molar-refractivity contribution in [3.63, 3.8) is 0 Å². The number of esters is 1. The molecule has 0 radical (unpaired) electrons. The van der Waals surface area contributed by atoms with Gasteiger partial charge >= 0.3 is 5.97 Å². The van der Waals surface area contributed by atoms with Crippen molar-refractivity contribution in [1.82, 2.24) is 9.97 Å². The summed E-state index contributed by atoms with van der Waals surface area (Å²) in [4.78, 5) is 21.6. The van der Waals surface area contributed by atoms with E-state index in [0.717, 1.165) is 31.8 Å². The number of nitrogens with zero attached hydrogens (tertiary/aromatic N) is 3. The maximum atomic E-state index is 12.7. The number of ether oxygens (including phenoxy) is 1. The van der Waals surface area contributed by atoms with Gasteiger partial charge in [0.2, 0.25) is 5.95 Å². The fraction of sp³-hybridized carbons (Fsp3) is 0.583. The zero-order chi connectivity index (χ0) is 12.8. The number of rotatable bonds is 2. The first-order valence-corrected chi connectivity index (χ1v) is 5.96. The van der Waals surface area contributed by atoms with Gasteiger partial charge in [-0.1, -0.05) is 0 Å². The Bertz CT molecular complexity index is 479. The van der Waals surface area contributed by atoms with Crippen LogP contribution < -0.4 is 4.90 Å². The molecule has 18 heavy (non-hydrogen) atoms. The maximum absolute atomic E-state index is 12.7. The van der Waals surface area contributed by atoms with E-state index in [-0.39, 0.29) is 11.4 Å².